The molecule has 2 atom stereocenters. The zero-order valence-electron chi connectivity index (χ0n) is 12.7. The Morgan fingerprint density at radius 3 is 2.10 bits per heavy atom. The molecule has 1 aliphatic rings. The maximum absolute atomic E-state index is 11.4. The number of rotatable bonds is 9. The van der Waals surface area contributed by atoms with Crippen LogP contribution in [-0.4, -0.2) is 72.2 Å². The molecular formula is C13H27NO5S. The van der Waals surface area contributed by atoms with Crippen LogP contribution in [-0.2, 0) is 23.8 Å². The summed E-state index contributed by atoms with van der Waals surface area (Å²) in [6.45, 7) is 2.75. The lowest BCUT2D eigenvalue weighted by Crippen LogP contribution is -2.49. The summed E-state index contributed by atoms with van der Waals surface area (Å²) in [7, 11) is -0.0873. The molecular weight excluding hydrogens is 282 g/mol. The van der Waals surface area contributed by atoms with Crippen LogP contribution in [0, 0.1) is 0 Å². The van der Waals surface area contributed by atoms with Gasteiger partial charge in [-0.1, -0.05) is 12.8 Å². The molecule has 1 aliphatic carbocycles. The molecule has 0 aliphatic heterocycles. The lowest BCUT2D eigenvalue weighted by molar-refractivity contribution is 0.0138. The van der Waals surface area contributed by atoms with E-state index in [1.807, 2.05) is 0 Å². The molecule has 0 bridgehead atoms. The Morgan fingerprint density at radius 2 is 1.60 bits per heavy atom. The van der Waals surface area contributed by atoms with Crippen LogP contribution in [0.2, 0.25) is 0 Å². The van der Waals surface area contributed by atoms with Crippen molar-refractivity contribution >= 4 is 10.1 Å². The normalized spacial score (nSPS) is 24.2. The second-order valence-corrected chi connectivity index (χ2v) is 6.81. The fourth-order valence-corrected chi connectivity index (χ4v) is 3.37. The van der Waals surface area contributed by atoms with E-state index in [1.54, 1.807) is 14.2 Å². The fourth-order valence-electron chi connectivity index (χ4n) is 2.69. The molecule has 1 rings (SSSR count). The standard InChI is InChI=1S/C13H27NO5S/c1-17-10-8-14(9-11-18-2)12-6-4-5-7-13(12)19-20(3,15)16/h12-13H,4-11H2,1-3H3/t12-,13-/m0/s1. The van der Waals surface area contributed by atoms with Gasteiger partial charge in [-0.05, 0) is 12.8 Å². The van der Waals surface area contributed by atoms with E-state index in [-0.39, 0.29) is 12.1 Å². The van der Waals surface area contributed by atoms with Gasteiger partial charge in [0.1, 0.15) is 0 Å². The molecule has 7 heteroatoms. The topological polar surface area (TPSA) is 65.1 Å². The third-order valence-electron chi connectivity index (χ3n) is 3.60. The van der Waals surface area contributed by atoms with Crippen molar-refractivity contribution in [2.75, 3.05) is 46.8 Å². The van der Waals surface area contributed by atoms with E-state index < -0.39 is 10.1 Å². The van der Waals surface area contributed by atoms with E-state index in [4.69, 9.17) is 13.7 Å². The molecule has 0 unspecified atom stereocenters. The van der Waals surface area contributed by atoms with E-state index in [9.17, 15) is 8.42 Å². The third kappa shape index (κ3) is 6.49. The minimum atomic E-state index is -3.42. The van der Waals surface area contributed by atoms with Gasteiger partial charge in [-0.2, -0.15) is 8.42 Å². The second kappa shape index (κ2) is 8.94. The van der Waals surface area contributed by atoms with Crippen LogP contribution >= 0.6 is 0 Å². The van der Waals surface area contributed by atoms with E-state index >= 15 is 0 Å². The van der Waals surface area contributed by atoms with Crippen molar-refractivity contribution in [1.82, 2.24) is 4.90 Å². The number of nitrogens with zero attached hydrogens (tertiary/aromatic N) is 1. The minimum absolute atomic E-state index is 0.115. The summed E-state index contributed by atoms with van der Waals surface area (Å²) in [4.78, 5) is 2.22. The molecule has 0 saturated heterocycles. The quantitative estimate of drug-likeness (QED) is 0.589. The van der Waals surface area contributed by atoms with Gasteiger partial charge in [-0.25, -0.2) is 0 Å². The Bertz CT molecular complexity index is 352. The van der Waals surface area contributed by atoms with Crippen molar-refractivity contribution in [3.63, 3.8) is 0 Å². The maximum atomic E-state index is 11.4. The van der Waals surface area contributed by atoms with Gasteiger partial charge in [-0.15, -0.1) is 0 Å². The predicted molar refractivity (Wildman–Crippen MR) is 77.3 cm³/mol. The van der Waals surface area contributed by atoms with Gasteiger partial charge in [-0.3, -0.25) is 9.08 Å². The van der Waals surface area contributed by atoms with Crippen molar-refractivity contribution in [1.29, 1.82) is 0 Å². The molecule has 0 amide bonds. The van der Waals surface area contributed by atoms with Gasteiger partial charge in [0.25, 0.3) is 10.1 Å². The first-order chi connectivity index (χ1) is 9.48. The second-order valence-electron chi connectivity index (χ2n) is 5.21. The summed E-state index contributed by atoms with van der Waals surface area (Å²) in [5, 5.41) is 0. The zero-order chi connectivity index (χ0) is 15.0. The van der Waals surface area contributed by atoms with Gasteiger partial charge in [0.15, 0.2) is 0 Å². The molecule has 0 aromatic heterocycles. The number of hydrogen-bond acceptors (Lipinski definition) is 6. The van der Waals surface area contributed by atoms with E-state index in [0.717, 1.165) is 45.0 Å². The summed E-state index contributed by atoms with van der Waals surface area (Å²) < 4.78 is 38.4. The number of ether oxygens (including phenoxy) is 2. The molecule has 0 N–H and O–H groups in total. The molecule has 1 saturated carbocycles. The van der Waals surface area contributed by atoms with Crippen LogP contribution in [0.15, 0.2) is 0 Å². The Labute approximate surface area is 122 Å². The average Bonchev–Trinajstić information content (AvgIpc) is 2.38. The molecule has 120 valence electrons. The van der Waals surface area contributed by atoms with E-state index in [1.165, 1.54) is 0 Å². The van der Waals surface area contributed by atoms with Crippen LogP contribution in [0.25, 0.3) is 0 Å². The van der Waals surface area contributed by atoms with Crippen LogP contribution in [0.5, 0.6) is 0 Å². The fraction of sp³-hybridized carbons (Fsp3) is 1.00. The number of hydrogen-bond donors (Lipinski definition) is 0. The third-order valence-corrected chi connectivity index (χ3v) is 4.20. The van der Waals surface area contributed by atoms with Crippen molar-refractivity contribution < 1.29 is 22.1 Å². The highest BCUT2D eigenvalue weighted by atomic mass is 32.2. The van der Waals surface area contributed by atoms with Gasteiger partial charge in [0.05, 0.1) is 25.6 Å². The monoisotopic (exact) mass is 309 g/mol. The Morgan fingerprint density at radius 1 is 1.05 bits per heavy atom. The highest BCUT2D eigenvalue weighted by Gasteiger charge is 2.32. The minimum Gasteiger partial charge on any atom is -0.383 e. The lowest BCUT2D eigenvalue weighted by Gasteiger charge is -2.39. The molecule has 0 aromatic carbocycles. The summed E-state index contributed by atoms with van der Waals surface area (Å²) in [5.74, 6) is 0. The van der Waals surface area contributed by atoms with Crippen LogP contribution in [0.1, 0.15) is 25.7 Å². The molecule has 6 nitrogen and oxygen atoms in total. The SMILES string of the molecule is COCCN(CCOC)[C@H]1CCCC[C@@H]1OS(C)(=O)=O. The summed E-state index contributed by atoms with van der Waals surface area (Å²) in [5.41, 5.74) is 0. The first-order valence-electron chi connectivity index (χ1n) is 7.08. The molecule has 0 spiro atoms. The molecule has 0 heterocycles. The molecule has 20 heavy (non-hydrogen) atoms. The first-order valence-corrected chi connectivity index (χ1v) is 8.89. The van der Waals surface area contributed by atoms with Gasteiger partial charge in [0, 0.05) is 33.4 Å². The van der Waals surface area contributed by atoms with Gasteiger partial charge < -0.3 is 9.47 Å². The first kappa shape index (κ1) is 17.8. The molecule has 0 radical (unpaired) electrons. The van der Waals surface area contributed by atoms with Crippen LogP contribution in [0.4, 0.5) is 0 Å². The molecule has 0 aromatic rings. The smallest absolute Gasteiger partial charge is 0.264 e. The zero-order valence-corrected chi connectivity index (χ0v) is 13.5. The number of methoxy groups -OCH3 is 2. The van der Waals surface area contributed by atoms with Crippen molar-refractivity contribution in [2.45, 2.75) is 37.8 Å². The summed E-state index contributed by atoms with van der Waals surface area (Å²) >= 11 is 0. The Kier molecular flexibility index (Phi) is 7.98. The van der Waals surface area contributed by atoms with Gasteiger partial charge in [0.2, 0.25) is 0 Å². The predicted octanol–water partition coefficient (Wildman–Crippen LogP) is 0.869. The van der Waals surface area contributed by atoms with Crippen molar-refractivity contribution in [2.24, 2.45) is 0 Å². The van der Waals surface area contributed by atoms with E-state index in [0.29, 0.717) is 13.2 Å². The maximum Gasteiger partial charge on any atom is 0.264 e. The van der Waals surface area contributed by atoms with Crippen LogP contribution < -0.4 is 0 Å². The highest BCUT2D eigenvalue weighted by molar-refractivity contribution is 7.86. The summed E-state index contributed by atoms with van der Waals surface area (Å²) in [6, 6.07) is 0.115. The Balaban J connectivity index is 2.71. The highest BCUT2D eigenvalue weighted by Crippen LogP contribution is 2.26. The average molecular weight is 309 g/mol. The van der Waals surface area contributed by atoms with E-state index in [2.05, 4.69) is 4.90 Å². The van der Waals surface area contributed by atoms with Crippen molar-refractivity contribution in [3.8, 4) is 0 Å². The van der Waals surface area contributed by atoms with Crippen molar-refractivity contribution in [3.05, 3.63) is 0 Å². The lowest BCUT2D eigenvalue weighted by atomic mass is 9.91. The molecule has 1 fully saturated rings. The van der Waals surface area contributed by atoms with Crippen LogP contribution in [0.3, 0.4) is 0 Å². The Hall–Kier alpha value is -0.210. The van der Waals surface area contributed by atoms with Gasteiger partial charge >= 0.3 is 0 Å². The largest absolute Gasteiger partial charge is 0.383 e. The summed E-state index contributed by atoms with van der Waals surface area (Å²) in [6.07, 6.45) is 4.71.